The molecule has 0 saturated heterocycles. The van der Waals surface area contributed by atoms with Gasteiger partial charge in [0.15, 0.2) is 5.82 Å². The van der Waals surface area contributed by atoms with Crippen molar-refractivity contribution >= 4 is 28.8 Å². The van der Waals surface area contributed by atoms with Gasteiger partial charge in [0.1, 0.15) is 34.1 Å². The number of hydrogen-bond acceptors (Lipinski definition) is 7. The Labute approximate surface area is 213 Å². The van der Waals surface area contributed by atoms with E-state index in [0.717, 1.165) is 0 Å². The van der Waals surface area contributed by atoms with E-state index in [1.807, 2.05) is 6.92 Å². The molecule has 4 N–H and O–H groups in total. The number of imidazole rings is 1. The Balaban J connectivity index is 1.89. The molecule has 0 unspecified atom stereocenters. The lowest BCUT2D eigenvalue weighted by Gasteiger charge is -2.28. The number of ether oxygens (including phenoxy) is 2. The number of anilines is 1. The number of fused-ring (bicyclic) bond motifs is 1. The molecule has 1 aromatic carbocycles. The number of aromatic nitrogens is 3. The molecule has 0 spiro atoms. The quantitative estimate of drug-likeness (QED) is 0.393. The second-order valence-corrected chi connectivity index (χ2v) is 9.99. The Morgan fingerprint density at radius 1 is 1.44 bits per heavy atom. The van der Waals surface area contributed by atoms with Crippen molar-refractivity contribution in [1.82, 2.24) is 19.7 Å². The van der Waals surface area contributed by atoms with Crippen LogP contribution in [0.15, 0.2) is 18.5 Å². The SMILES string of the molecule is CCOCC1(NC(=O)c2c(F)c(Cl)cc([C@](C)(O)c3nc(C)c4c(N)nccn34)c2OC(C)C)CC1. The number of hydrogen-bond donors (Lipinski definition) is 3. The summed E-state index contributed by atoms with van der Waals surface area (Å²) in [5.41, 5.74) is 4.39. The van der Waals surface area contributed by atoms with Crippen molar-refractivity contribution < 1.29 is 23.8 Å². The fourth-order valence-corrected chi connectivity index (χ4v) is 4.50. The van der Waals surface area contributed by atoms with Crippen LogP contribution in [-0.4, -0.2) is 50.2 Å². The highest BCUT2D eigenvalue weighted by Crippen LogP contribution is 2.43. The van der Waals surface area contributed by atoms with Gasteiger partial charge >= 0.3 is 0 Å². The smallest absolute Gasteiger partial charge is 0.258 e. The molecule has 2 heterocycles. The van der Waals surface area contributed by atoms with Crippen molar-refractivity contribution in [2.45, 2.75) is 64.7 Å². The number of nitrogens with two attached hydrogens (primary N) is 1. The van der Waals surface area contributed by atoms with E-state index in [2.05, 4.69) is 15.3 Å². The lowest BCUT2D eigenvalue weighted by molar-refractivity contribution is 0.0799. The molecule has 2 aromatic heterocycles. The van der Waals surface area contributed by atoms with Crippen LogP contribution in [0.3, 0.4) is 0 Å². The van der Waals surface area contributed by atoms with Gasteiger partial charge in [0.2, 0.25) is 0 Å². The number of aliphatic hydroxyl groups is 1. The summed E-state index contributed by atoms with van der Waals surface area (Å²) in [7, 11) is 0. The number of amides is 1. The molecule has 1 aliphatic carbocycles. The van der Waals surface area contributed by atoms with Gasteiger partial charge in [-0.15, -0.1) is 0 Å². The number of nitrogens with zero attached hydrogens (tertiary/aromatic N) is 3. The van der Waals surface area contributed by atoms with Crippen molar-refractivity contribution in [3.8, 4) is 5.75 Å². The van der Waals surface area contributed by atoms with Crippen LogP contribution in [0.25, 0.3) is 5.52 Å². The Hall–Kier alpha value is -2.95. The molecule has 11 heteroatoms. The molecule has 0 radical (unpaired) electrons. The first-order valence-corrected chi connectivity index (χ1v) is 12.2. The first-order valence-electron chi connectivity index (χ1n) is 11.8. The van der Waals surface area contributed by atoms with Crippen LogP contribution in [0, 0.1) is 12.7 Å². The largest absolute Gasteiger partial charge is 0.490 e. The first kappa shape index (κ1) is 26.1. The highest BCUT2D eigenvalue weighted by Gasteiger charge is 2.46. The van der Waals surface area contributed by atoms with E-state index in [4.69, 9.17) is 26.8 Å². The molecule has 1 aliphatic rings. The van der Waals surface area contributed by atoms with Crippen LogP contribution in [0.5, 0.6) is 5.75 Å². The Bertz CT molecular complexity index is 1320. The Morgan fingerprint density at radius 3 is 2.75 bits per heavy atom. The summed E-state index contributed by atoms with van der Waals surface area (Å²) in [5, 5.41) is 14.4. The number of nitrogens with one attached hydrogen (secondary N) is 1. The average molecular weight is 520 g/mol. The molecule has 1 saturated carbocycles. The molecule has 4 rings (SSSR count). The molecule has 0 aliphatic heterocycles. The summed E-state index contributed by atoms with van der Waals surface area (Å²) in [4.78, 5) is 22.1. The van der Waals surface area contributed by atoms with Crippen LogP contribution in [0.4, 0.5) is 10.2 Å². The number of nitrogen functional groups attached to an aromatic ring is 1. The molecule has 3 aromatic rings. The third kappa shape index (κ3) is 4.60. The molecule has 1 amide bonds. The van der Waals surface area contributed by atoms with Crippen LogP contribution >= 0.6 is 11.6 Å². The van der Waals surface area contributed by atoms with E-state index in [1.165, 1.54) is 19.2 Å². The predicted octanol–water partition coefficient (Wildman–Crippen LogP) is 3.75. The van der Waals surface area contributed by atoms with Crippen molar-refractivity contribution in [2.75, 3.05) is 18.9 Å². The zero-order valence-corrected chi connectivity index (χ0v) is 21.7. The minimum atomic E-state index is -1.86. The first-order chi connectivity index (χ1) is 16.9. The number of carbonyl (C=O) groups excluding carboxylic acids is 1. The molecular formula is C25H31ClFN5O4. The minimum absolute atomic E-state index is 0.0877. The number of halogens is 2. The number of aryl methyl sites for hydroxylation is 1. The molecule has 9 nitrogen and oxygen atoms in total. The van der Waals surface area contributed by atoms with Gasteiger partial charge in [0.25, 0.3) is 5.91 Å². The van der Waals surface area contributed by atoms with Crippen LogP contribution in [0.2, 0.25) is 5.02 Å². The fourth-order valence-electron chi connectivity index (χ4n) is 4.29. The number of rotatable bonds is 9. The zero-order chi connectivity index (χ0) is 26.4. The molecule has 1 atom stereocenters. The van der Waals surface area contributed by atoms with Gasteiger partial charge in [-0.3, -0.25) is 9.20 Å². The lowest BCUT2D eigenvalue weighted by atomic mass is 9.91. The van der Waals surface area contributed by atoms with Crippen molar-refractivity contribution in [3.05, 3.63) is 51.9 Å². The monoisotopic (exact) mass is 519 g/mol. The number of benzene rings is 1. The van der Waals surface area contributed by atoms with Crippen LogP contribution < -0.4 is 15.8 Å². The van der Waals surface area contributed by atoms with E-state index in [9.17, 15) is 9.90 Å². The summed E-state index contributed by atoms with van der Waals surface area (Å²) in [6.45, 7) is 9.38. The zero-order valence-electron chi connectivity index (χ0n) is 21.0. The molecule has 0 bridgehead atoms. The topological polar surface area (TPSA) is 124 Å². The van der Waals surface area contributed by atoms with E-state index < -0.39 is 29.0 Å². The Morgan fingerprint density at radius 2 is 2.14 bits per heavy atom. The summed E-state index contributed by atoms with van der Waals surface area (Å²) in [5.74, 6) is -1.32. The fraction of sp³-hybridized carbons (Fsp3) is 0.480. The summed E-state index contributed by atoms with van der Waals surface area (Å²) >= 11 is 6.28. The second kappa shape index (κ2) is 9.49. The molecule has 36 heavy (non-hydrogen) atoms. The van der Waals surface area contributed by atoms with Gasteiger partial charge < -0.3 is 25.6 Å². The van der Waals surface area contributed by atoms with E-state index in [1.54, 1.807) is 31.4 Å². The van der Waals surface area contributed by atoms with Gasteiger partial charge in [-0.2, -0.15) is 0 Å². The third-order valence-electron chi connectivity index (χ3n) is 6.28. The van der Waals surface area contributed by atoms with Gasteiger partial charge in [-0.1, -0.05) is 11.6 Å². The van der Waals surface area contributed by atoms with Gasteiger partial charge in [0, 0.05) is 24.6 Å². The normalized spacial score (nSPS) is 16.2. The van der Waals surface area contributed by atoms with Crippen LogP contribution in [0.1, 0.15) is 68.0 Å². The number of carbonyl (C=O) groups is 1. The summed E-state index contributed by atoms with van der Waals surface area (Å²) < 4.78 is 28.5. The van der Waals surface area contributed by atoms with Gasteiger partial charge in [0.05, 0.1) is 29.0 Å². The Kier molecular flexibility index (Phi) is 6.89. The van der Waals surface area contributed by atoms with Crippen LogP contribution in [-0.2, 0) is 10.3 Å². The lowest BCUT2D eigenvalue weighted by Crippen LogP contribution is -2.41. The third-order valence-corrected chi connectivity index (χ3v) is 6.56. The molecular weight excluding hydrogens is 489 g/mol. The van der Waals surface area contributed by atoms with Crippen molar-refractivity contribution in [1.29, 1.82) is 0 Å². The van der Waals surface area contributed by atoms with E-state index in [-0.39, 0.29) is 33.5 Å². The maximum atomic E-state index is 15.5. The highest BCUT2D eigenvalue weighted by atomic mass is 35.5. The van der Waals surface area contributed by atoms with E-state index in [0.29, 0.717) is 37.3 Å². The predicted molar refractivity (Wildman–Crippen MR) is 134 cm³/mol. The molecule has 1 fully saturated rings. The minimum Gasteiger partial charge on any atom is -0.490 e. The van der Waals surface area contributed by atoms with Gasteiger partial charge in [-0.25, -0.2) is 14.4 Å². The van der Waals surface area contributed by atoms with Gasteiger partial charge in [-0.05, 0) is 53.5 Å². The highest BCUT2D eigenvalue weighted by molar-refractivity contribution is 6.31. The standard InChI is InChI=1S/C25H31ClFN5O4/c1-6-35-12-25(7-8-25)31-22(33)17-18(27)16(26)11-15(20(17)36-13(2)3)24(5,34)23-30-14(4)19-21(28)29-9-10-32(19)23/h9-11,13,34H,6-8,12H2,1-5H3,(H2,28,29)(H,31,33)/t24-/m0/s1. The maximum Gasteiger partial charge on any atom is 0.258 e. The van der Waals surface area contributed by atoms with E-state index >= 15 is 4.39 Å². The maximum absolute atomic E-state index is 15.5. The second-order valence-electron chi connectivity index (χ2n) is 9.59. The van der Waals surface area contributed by atoms with Crippen molar-refractivity contribution in [2.24, 2.45) is 0 Å². The summed E-state index contributed by atoms with van der Waals surface area (Å²) in [6, 6.07) is 1.26. The molecule has 194 valence electrons. The van der Waals surface area contributed by atoms with Crippen molar-refractivity contribution in [3.63, 3.8) is 0 Å². The summed E-state index contributed by atoms with van der Waals surface area (Å²) in [6.07, 6.45) is 4.07. The average Bonchev–Trinajstić information content (AvgIpc) is 3.47.